The van der Waals surface area contributed by atoms with Gasteiger partial charge in [-0.3, -0.25) is 4.79 Å². The van der Waals surface area contributed by atoms with Gasteiger partial charge in [0.1, 0.15) is 0 Å². The van der Waals surface area contributed by atoms with Crippen LogP contribution in [0.4, 0.5) is 0 Å². The zero-order chi connectivity index (χ0) is 16.8. The second-order valence-corrected chi connectivity index (χ2v) is 5.85. The normalized spacial score (nSPS) is 10.5. The van der Waals surface area contributed by atoms with Gasteiger partial charge in [0.25, 0.3) is 5.91 Å². The van der Waals surface area contributed by atoms with Gasteiger partial charge in [-0.05, 0) is 47.9 Å². The molecule has 1 heterocycles. The quantitative estimate of drug-likeness (QED) is 0.720. The van der Waals surface area contributed by atoms with Crippen LogP contribution in [-0.2, 0) is 13.0 Å². The van der Waals surface area contributed by atoms with E-state index in [0.29, 0.717) is 12.1 Å². The van der Waals surface area contributed by atoms with E-state index in [1.165, 1.54) is 5.56 Å². The van der Waals surface area contributed by atoms with Crippen LogP contribution in [-0.4, -0.2) is 10.5 Å². The van der Waals surface area contributed by atoms with Crippen LogP contribution in [0.5, 0.6) is 0 Å². The molecule has 3 heteroatoms. The third-order valence-corrected chi connectivity index (χ3v) is 4.07. The number of hydrogen-bond acceptors (Lipinski definition) is 1. The Morgan fingerprint density at radius 3 is 2.38 bits per heavy atom. The monoisotopic (exact) mass is 318 g/mol. The second-order valence-electron chi connectivity index (χ2n) is 5.85. The van der Waals surface area contributed by atoms with E-state index in [0.717, 1.165) is 24.1 Å². The fourth-order valence-corrected chi connectivity index (χ4v) is 2.80. The average Bonchev–Trinajstić information content (AvgIpc) is 3.15. The Morgan fingerprint density at radius 2 is 1.67 bits per heavy atom. The van der Waals surface area contributed by atoms with Gasteiger partial charge in [0, 0.05) is 30.2 Å². The molecule has 3 rings (SSSR count). The van der Waals surface area contributed by atoms with Gasteiger partial charge in [-0.15, -0.1) is 0 Å². The number of rotatable bonds is 6. The van der Waals surface area contributed by atoms with Crippen LogP contribution >= 0.6 is 0 Å². The van der Waals surface area contributed by atoms with Crippen molar-refractivity contribution >= 4 is 5.91 Å². The van der Waals surface area contributed by atoms with Crippen molar-refractivity contribution in [3.05, 3.63) is 89.7 Å². The molecular weight excluding hydrogens is 296 g/mol. The molecule has 3 nitrogen and oxygen atoms in total. The summed E-state index contributed by atoms with van der Waals surface area (Å²) in [5.74, 6) is -0.0413. The van der Waals surface area contributed by atoms with Crippen molar-refractivity contribution in [3.63, 3.8) is 0 Å². The predicted molar refractivity (Wildman–Crippen MR) is 97.4 cm³/mol. The van der Waals surface area contributed by atoms with Crippen molar-refractivity contribution in [2.24, 2.45) is 0 Å². The predicted octanol–water partition coefficient (Wildman–Crippen LogP) is 4.36. The molecule has 122 valence electrons. The minimum absolute atomic E-state index is 0.0413. The number of amides is 1. The highest BCUT2D eigenvalue weighted by Gasteiger charge is 2.08. The number of aryl methyl sites for hydroxylation is 1. The summed E-state index contributed by atoms with van der Waals surface area (Å²) in [5.41, 5.74) is 4.14. The SMILES string of the molecule is CCCc1ccc(C(=O)NCc2ccccc2-n2cccc2)cc1. The molecule has 2 aromatic carbocycles. The summed E-state index contributed by atoms with van der Waals surface area (Å²) < 4.78 is 2.06. The molecule has 0 fully saturated rings. The summed E-state index contributed by atoms with van der Waals surface area (Å²) >= 11 is 0. The second kappa shape index (κ2) is 7.64. The number of para-hydroxylation sites is 1. The maximum atomic E-state index is 12.4. The van der Waals surface area contributed by atoms with Crippen molar-refractivity contribution in [1.29, 1.82) is 0 Å². The Kier molecular flexibility index (Phi) is 5.12. The number of nitrogens with zero attached hydrogens (tertiary/aromatic N) is 1. The maximum absolute atomic E-state index is 12.4. The highest BCUT2D eigenvalue weighted by molar-refractivity contribution is 5.94. The first-order valence-corrected chi connectivity index (χ1v) is 8.36. The molecule has 0 atom stereocenters. The van der Waals surface area contributed by atoms with Crippen LogP contribution < -0.4 is 5.32 Å². The van der Waals surface area contributed by atoms with E-state index in [4.69, 9.17) is 0 Å². The van der Waals surface area contributed by atoms with E-state index in [9.17, 15) is 4.79 Å². The van der Waals surface area contributed by atoms with Crippen molar-refractivity contribution in [3.8, 4) is 5.69 Å². The molecule has 1 aromatic heterocycles. The van der Waals surface area contributed by atoms with Crippen LogP contribution in [0.2, 0.25) is 0 Å². The molecule has 0 aliphatic heterocycles. The van der Waals surface area contributed by atoms with E-state index >= 15 is 0 Å². The Labute approximate surface area is 143 Å². The lowest BCUT2D eigenvalue weighted by Gasteiger charge is -2.12. The molecule has 1 N–H and O–H groups in total. The number of carbonyl (C=O) groups excluding carboxylic acids is 1. The van der Waals surface area contributed by atoms with Crippen LogP contribution in [0.25, 0.3) is 5.69 Å². The summed E-state index contributed by atoms with van der Waals surface area (Å²) in [6.45, 7) is 2.66. The van der Waals surface area contributed by atoms with Gasteiger partial charge in [0.05, 0.1) is 0 Å². The molecule has 0 bridgehead atoms. The van der Waals surface area contributed by atoms with Gasteiger partial charge in [-0.2, -0.15) is 0 Å². The van der Waals surface area contributed by atoms with Crippen molar-refractivity contribution in [2.45, 2.75) is 26.3 Å². The maximum Gasteiger partial charge on any atom is 0.251 e. The molecule has 0 unspecified atom stereocenters. The largest absolute Gasteiger partial charge is 0.348 e. The van der Waals surface area contributed by atoms with E-state index in [1.54, 1.807) is 0 Å². The molecule has 0 spiro atoms. The highest BCUT2D eigenvalue weighted by atomic mass is 16.1. The Hall–Kier alpha value is -2.81. The summed E-state index contributed by atoms with van der Waals surface area (Å²) in [6, 6.07) is 20.0. The fourth-order valence-electron chi connectivity index (χ4n) is 2.80. The summed E-state index contributed by atoms with van der Waals surface area (Å²) in [4.78, 5) is 12.4. The number of benzene rings is 2. The summed E-state index contributed by atoms with van der Waals surface area (Å²) in [6.07, 6.45) is 6.17. The lowest BCUT2D eigenvalue weighted by atomic mass is 10.1. The molecule has 0 saturated heterocycles. The molecule has 0 radical (unpaired) electrons. The van der Waals surface area contributed by atoms with Gasteiger partial charge < -0.3 is 9.88 Å². The third-order valence-electron chi connectivity index (χ3n) is 4.07. The van der Waals surface area contributed by atoms with Gasteiger partial charge in [-0.1, -0.05) is 43.7 Å². The van der Waals surface area contributed by atoms with Gasteiger partial charge in [-0.25, -0.2) is 0 Å². The molecular formula is C21H22N2O. The molecule has 3 aromatic rings. The molecule has 0 saturated carbocycles. The van der Waals surface area contributed by atoms with Gasteiger partial charge in [0.2, 0.25) is 0 Å². The Morgan fingerprint density at radius 1 is 0.958 bits per heavy atom. The van der Waals surface area contributed by atoms with Crippen LogP contribution in [0, 0.1) is 0 Å². The molecule has 1 amide bonds. The van der Waals surface area contributed by atoms with Gasteiger partial charge >= 0.3 is 0 Å². The molecule has 24 heavy (non-hydrogen) atoms. The van der Waals surface area contributed by atoms with Crippen molar-refractivity contribution in [2.75, 3.05) is 0 Å². The van der Waals surface area contributed by atoms with Crippen LogP contribution in [0.3, 0.4) is 0 Å². The molecule has 0 aliphatic rings. The van der Waals surface area contributed by atoms with E-state index in [1.807, 2.05) is 67.0 Å². The zero-order valence-corrected chi connectivity index (χ0v) is 13.9. The first kappa shape index (κ1) is 16.1. The van der Waals surface area contributed by atoms with Gasteiger partial charge in [0.15, 0.2) is 0 Å². The minimum atomic E-state index is -0.0413. The first-order valence-electron chi connectivity index (χ1n) is 8.36. The first-order chi connectivity index (χ1) is 11.8. The van der Waals surface area contributed by atoms with Crippen LogP contribution in [0.15, 0.2) is 73.1 Å². The van der Waals surface area contributed by atoms with Crippen molar-refractivity contribution < 1.29 is 4.79 Å². The standard InChI is InChI=1S/C21H22N2O/c1-2-7-17-10-12-18(13-11-17)21(24)22-16-19-8-3-4-9-20(19)23-14-5-6-15-23/h3-6,8-15H,2,7,16H2,1H3,(H,22,24). The number of nitrogens with one attached hydrogen (secondary N) is 1. The number of hydrogen-bond donors (Lipinski definition) is 1. The summed E-state index contributed by atoms with van der Waals surface area (Å²) in [7, 11) is 0. The Balaban J connectivity index is 1.69. The molecule has 0 aliphatic carbocycles. The van der Waals surface area contributed by atoms with Crippen LogP contribution in [0.1, 0.15) is 34.8 Å². The number of aromatic nitrogens is 1. The Bertz CT molecular complexity index is 789. The minimum Gasteiger partial charge on any atom is -0.348 e. The summed E-state index contributed by atoms with van der Waals surface area (Å²) in [5, 5.41) is 3.02. The zero-order valence-electron chi connectivity index (χ0n) is 13.9. The third kappa shape index (κ3) is 3.74. The van der Waals surface area contributed by atoms with Crippen molar-refractivity contribution in [1.82, 2.24) is 9.88 Å². The average molecular weight is 318 g/mol. The smallest absolute Gasteiger partial charge is 0.251 e. The van der Waals surface area contributed by atoms with E-state index < -0.39 is 0 Å². The van der Waals surface area contributed by atoms with E-state index in [-0.39, 0.29) is 5.91 Å². The lowest BCUT2D eigenvalue weighted by Crippen LogP contribution is -2.23. The topological polar surface area (TPSA) is 34.0 Å². The fraction of sp³-hybridized carbons (Fsp3) is 0.190. The highest BCUT2D eigenvalue weighted by Crippen LogP contribution is 2.15. The lowest BCUT2D eigenvalue weighted by molar-refractivity contribution is 0.0951. The van der Waals surface area contributed by atoms with E-state index in [2.05, 4.69) is 22.9 Å². The number of carbonyl (C=O) groups is 1.